The molecule has 2 amide bonds. The van der Waals surface area contributed by atoms with Crippen LogP contribution in [0.15, 0.2) is 0 Å². The average Bonchev–Trinajstić information content (AvgIpc) is 2.51. The molecule has 0 saturated carbocycles. The van der Waals surface area contributed by atoms with Gasteiger partial charge < -0.3 is 10.2 Å². The summed E-state index contributed by atoms with van der Waals surface area (Å²) in [4.78, 5) is 15.1. The molecule has 21 heavy (non-hydrogen) atoms. The number of hydrogen-bond donors (Lipinski definition) is 1. The molecular formula is C14H26F3N3O. The third kappa shape index (κ3) is 7.55. The van der Waals surface area contributed by atoms with E-state index in [-0.39, 0.29) is 18.6 Å². The highest BCUT2D eigenvalue weighted by atomic mass is 19.4. The highest BCUT2D eigenvalue weighted by Gasteiger charge is 2.31. The van der Waals surface area contributed by atoms with E-state index in [1.165, 1.54) is 4.90 Å². The Hall–Kier alpha value is -0.980. The van der Waals surface area contributed by atoms with E-state index in [2.05, 4.69) is 19.2 Å². The fourth-order valence-corrected chi connectivity index (χ4v) is 2.65. The van der Waals surface area contributed by atoms with Crippen molar-refractivity contribution in [2.45, 2.75) is 45.8 Å². The van der Waals surface area contributed by atoms with Crippen LogP contribution in [0.3, 0.4) is 0 Å². The van der Waals surface area contributed by atoms with Gasteiger partial charge in [0.1, 0.15) is 0 Å². The van der Waals surface area contributed by atoms with E-state index in [4.69, 9.17) is 0 Å². The molecule has 1 unspecified atom stereocenters. The Morgan fingerprint density at radius 1 is 1.14 bits per heavy atom. The summed E-state index contributed by atoms with van der Waals surface area (Å²) in [5.41, 5.74) is 0. The van der Waals surface area contributed by atoms with E-state index in [9.17, 15) is 18.0 Å². The maximum absolute atomic E-state index is 12.4. The lowest BCUT2D eigenvalue weighted by molar-refractivity contribution is -0.145. The van der Waals surface area contributed by atoms with Gasteiger partial charge in [-0.05, 0) is 25.7 Å². The molecule has 7 heteroatoms. The Bertz CT molecular complexity index is 334. The molecule has 1 saturated heterocycles. The van der Waals surface area contributed by atoms with Crippen molar-refractivity contribution in [3.63, 3.8) is 0 Å². The molecule has 0 radical (unpaired) electrons. The molecule has 124 valence electrons. The number of hydrogen-bond acceptors (Lipinski definition) is 2. The number of amides is 2. The molecule has 1 N–H and O–H groups in total. The summed E-state index contributed by atoms with van der Waals surface area (Å²) >= 11 is 0. The Labute approximate surface area is 124 Å². The second-order valence-electron chi connectivity index (χ2n) is 6.21. The SMILES string of the molecule is CC(C)CC(C)NC(=O)N1CCCN(CC(F)(F)F)CC1. The lowest BCUT2D eigenvalue weighted by atomic mass is 10.1. The first kappa shape index (κ1) is 18.1. The standard InChI is InChI=1S/C14H26F3N3O/c1-11(2)9-12(3)18-13(21)20-6-4-5-19(7-8-20)10-14(15,16)17/h11-12H,4-10H2,1-3H3,(H,18,21). The summed E-state index contributed by atoms with van der Waals surface area (Å²) in [5.74, 6) is 0.492. The zero-order valence-electron chi connectivity index (χ0n) is 13.0. The van der Waals surface area contributed by atoms with Crippen LogP contribution in [0, 0.1) is 5.92 Å². The van der Waals surface area contributed by atoms with Crippen LogP contribution >= 0.6 is 0 Å². The van der Waals surface area contributed by atoms with Gasteiger partial charge in [-0.15, -0.1) is 0 Å². The number of halogens is 3. The molecule has 1 aliphatic heterocycles. The van der Waals surface area contributed by atoms with Crippen molar-refractivity contribution < 1.29 is 18.0 Å². The van der Waals surface area contributed by atoms with Crippen molar-refractivity contribution in [1.29, 1.82) is 0 Å². The number of alkyl halides is 3. The second-order valence-corrected chi connectivity index (χ2v) is 6.21. The molecule has 1 fully saturated rings. The van der Waals surface area contributed by atoms with Gasteiger partial charge >= 0.3 is 12.2 Å². The maximum atomic E-state index is 12.4. The minimum absolute atomic E-state index is 0.0760. The van der Waals surface area contributed by atoms with Crippen LogP contribution in [0.1, 0.15) is 33.6 Å². The van der Waals surface area contributed by atoms with E-state index < -0.39 is 12.7 Å². The summed E-state index contributed by atoms with van der Waals surface area (Å²) in [6.45, 7) is 6.73. The maximum Gasteiger partial charge on any atom is 0.401 e. The smallest absolute Gasteiger partial charge is 0.336 e. The van der Waals surface area contributed by atoms with Gasteiger partial charge in [-0.25, -0.2) is 4.79 Å². The van der Waals surface area contributed by atoms with Gasteiger partial charge in [-0.1, -0.05) is 13.8 Å². The highest BCUT2D eigenvalue weighted by molar-refractivity contribution is 5.74. The first-order chi connectivity index (χ1) is 9.67. The third-order valence-electron chi connectivity index (χ3n) is 3.47. The number of rotatable bonds is 4. The largest absolute Gasteiger partial charge is 0.401 e. The quantitative estimate of drug-likeness (QED) is 0.866. The van der Waals surface area contributed by atoms with Gasteiger partial charge in [0, 0.05) is 32.2 Å². The van der Waals surface area contributed by atoms with Gasteiger partial charge in [-0.2, -0.15) is 13.2 Å². The predicted octanol–water partition coefficient (Wildman–Crippen LogP) is 2.70. The first-order valence-electron chi connectivity index (χ1n) is 7.52. The van der Waals surface area contributed by atoms with Crippen LogP contribution < -0.4 is 5.32 Å². The number of carbonyl (C=O) groups excluding carboxylic acids is 1. The summed E-state index contributed by atoms with van der Waals surface area (Å²) < 4.78 is 37.2. The number of urea groups is 1. The van der Waals surface area contributed by atoms with E-state index in [0.717, 1.165) is 6.42 Å². The molecule has 0 bridgehead atoms. The number of nitrogens with one attached hydrogen (secondary N) is 1. The second kappa shape index (κ2) is 7.87. The van der Waals surface area contributed by atoms with Crippen molar-refractivity contribution >= 4 is 6.03 Å². The van der Waals surface area contributed by atoms with Crippen molar-refractivity contribution in [2.24, 2.45) is 5.92 Å². The number of carbonyl (C=O) groups is 1. The van der Waals surface area contributed by atoms with Crippen molar-refractivity contribution in [1.82, 2.24) is 15.1 Å². The monoisotopic (exact) mass is 309 g/mol. The normalized spacial score (nSPS) is 19.5. The average molecular weight is 309 g/mol. The minimum atomic E-state index is -4.18. The van der Waals surface area contributed by atoms with Crippen molar-refractivity contribution in [2.75, 3.05) is 32.7 Å². The highest BCUT2D eigenvalue weighted by Crippen LogP contribution is 2.17. The van der Waals surface area contributed by atoms with E-state index in [1.807, 2.05) is 6.92 Å². The molecule has 1 atom stereocenters. The van der Waals surface area contributed by atoms with Crippen LogP contribution in [0.25, 0.3) is 0 Å². The van der Waals surface area contributed by atoms with Crippen LogP contribution in [-0.2, 0) is 0 Å². The number of nitrogens with zero attached hydrogens (tertiary/aromatic N) is 2. The van der Waals surface area contributed by atoms with Gasteiger partial charge in [0.2, 0.25) is 0 Å². The predicted molar refractivity (Wildman–Crippen MR) is 76.1 cm³/mol. The Morgan fingerprint density at radius 3 is 2.38 bits per heavy atom. The zero-order valence-corrected chi connectivity index (χ0v) is 13.0. The molecular weight excluding hydrogens is 283 g/mol. The molecule has 0 spiro atoms. The molecule has 1 rings (SSSR count). The molecule has 0 aromatic carbocycles. The molecule has 1 aliphatic rings. The zero-order chi connectivity index (χ0) is 16.0. The minimum Gasteiger partial charge on any atom is -0.336 e. The van der Waals surface area contributed by atoms with E-state index in [0.29, 0.717) is 32.0 Å². The molecule has 4 nitrogen and oxygen atoms in total. The first-order valence-corrected chi connectivity index (χ1v) is 7.52. The Balaban J connectivity index is 2.42. The summed E-state index contributed by atoms with van der Waals surface area (Å²) in [6.07, 6.45) is -2.72. The van der Waals surface area contributed by atoms with Gasteiger partial charge in [0.15, 0.2) is 0 Å². The fraction of sp³-hybridized carbons (Fsp3) is 0.929. The summed E-state index contributed by atoms with van der Waals surface area (Å²) in [6, 6.07) is -0.0935. The van der Waals surface area contributed by atoms with Crippen LogP contribution in [-0.4, -0.2) is 60.8 Å². The molecule has 0 aromatic rings. The third-order valence-corrected chi connectivity index (χ3v) is 3.47. The molecule has 1 heterocycles. The Morgan fingerprint density at radius 2 is 1.81 bits per heavy atom. The lowest BCUT2D eigenvalue weighted by Crippen LogP contribution is -2.46. The van der Waals surface area contributed by atoms with Crippen molar-refractivity contribution in [3.8, 4) is 0 Å². The van der Waals surface area contributed by atoms with Crippen LogP contribution in [0.5, 0.6) is 0 Å². The van der Waals surface area contributed by atoms with Crippen LogP contribution in [0.2, 0.25) is 0 Å². The van der Waals surface area contributed by atoms with Crippen LogP contribution in [0.4, 0.5) is 18.0 Å². The molecule has 0 aromatic heterocycles. The lowest BCUT2D eigenvalue weighted by Gasteiger charge is -2.25. The van der Waals surface area contributed by atoms with Gasteiger partial charge in [0.25, 0.3) is 0 Å². The Kier molecular flexibility index (Phi) is 6.77. The van der Waals surface area contributed by atoms with Crippen molar-refractivity contribution in [3.05, 3.63) is 0 Å². The topological polar surface area (TPSA) is 35.6 Å². The van der Waals surface area contributed by atoms with E-state index in [1.54, 1.807) is 4.90 Å². The summed E-state index contributed by atoms with van der Waals surface area (Å²) in [5, 5.41) is 2.92. The van der Waals surface area contributed by atoms with Gasteiger partial charge in [-0.3, -0.25) is 4.90 Å². The summed E-state index contributed by atoms with van der Waals surface area (Å²) in [7, 11) is 0. The fourth-order valence-electron chi connectivity index (χ4n) is 2.65. The molecule has 0 aliphatic carbocycles. The van der Waals surface area contributed by atoms with E-state index >= 15 is 0 Å². The van der Waals surface area contributed by atoms with Gasteiger partial charge in [0.05, 0.1) is 6.54 Å².